The molecule has 35 heavy (non-hydrogen) atoms. The van der Waals surface area contributed by atoms with E-state index in [4.69, 9.17) is 21.1 Å². The molecule has 0 radical (unpaired) electrons. The molecule has 0 N–H and O–H groups in total. The van der Waals surface area contributed by atoms with E-state index in [2.05, 4.69) is 4.90 Å². The number of piperidine rings is 1. The zero-order valence-electron chi connectivity index (χ0n) is 19.7. The summed E-state index contributed by atoms with van der Waals surface area (Å²) >= 11 is 5.98. The van der Waals surface area contributed by atoms with E-state index >= 15 is 0 Å². The van der Waals surface area contributed by atoms with Crippen molar-refractivity contribution in [1.29, 1.82) is 0 Å². The first-order valence-electron chi connectivity index (χ1n) is 11.3. The average Bonchev–Trinajstić information content (AvgIpc) is 2.86. The van der Waals surface area contributed by atoms with Crippen LogP contribution in [0.1, 0.15) is 18.4 Å². The summed E-state index contributed by atoms with van der Waals surface area (Å²) in [6.07, 6.45) is 1.24. The van der Waals surface area contributed by atoms with Crippen LogP contribution >= 0.6 is 11.6 Å². The van der Waals surface area contributed by atoms with Gasteiger partial charge in [-0.1, -0.05) is 23.7 Å². The Balaban J connectivity index is 1.57. The summed E-state index contributed by atoms with van der Waals surface area (Å²) in [5, 5.41) is 0.457. The minimum atomic E-state index is -3.88. The van der Waals surface area contributed by atoms with Gasteiger partial charge in [0.2, 0.25) is 0 Å². The molecule has 3 aromatic rings. The lowest BCUT2D eigenvalue weighted by Crippen LogP contribution is -2.47. The third kappa shape index (κ3) is 5.55. The van der Waals surface area contributed by atoms with Gasteiger partial charge >= 0.3 is 0 Å². The number of likely N-dealkylation sites (tertiary alicyclic amines) is 1. The summed E-state index contributed by atoms with van der Waals surface area (Å²) in [4.78, 5) is 2.42. The lowest BCUT2D eigenvalue weighted by molar-refractivity contribution is 0.203. The summed E-state index contributed by atoms with van der Waals surface area (Å²) in [6, 6.07) is 17.2. The third-order valence-corrected chi connectivity index (χ3v) is 8.37. The number of para-hydroxylation sites is 1. The van der Waals surface area contributed by atoms with Gasteiger partial charge in [0, 0.05) is 36.3 Å². The van der Waals surface area contributed by atoms with E-state index < -0.39 is 15.8 Å². The van der Waals surface area contributed by atoms with Gasteiger partial charge < -0.3 is 9.47 Å². The van der Waals surface area contributed by atoms with Crippen LogP contribution in [-0.4, -0.2) is 46.7 Å². The maximum atomic E-state index is 13.7. The molecule has 0 aromatic heterocycles. The molecule has 0 spiro atoms. The van der Waals surface area contributed by atoms with Crippen molar-refractivity contribution < 1.29 is 22.3 Å². The van der Waals surface area contributed by atoms with Crippen molar-refractivity contribution in [2.24, 2.45) is 0 Å². The number of anilines is 1. The molecule has 1 aliphatic rings. The second kappa shape index (κ2) is 10.8. The fourth-order valence-corrected chi connectivity index (χ4v) is 6.32. The first-order valence-corrected chi connectivity index (χ1v) is 13.1. The van der Waals surface area contributed by atoms with Crippen LogP contribution < -0.4 is 13.8 Å². The van der Waals surface area contributed by atoms with Gasteiger partial charge in [0.15, 0.2) is 11.5 Å². The lowest BCUT2D eigenvalue weighted by atomic mass is 10.0. The van der Waals surface area contributed by atoms with Crippen LogP contribution in [0.5, 0.6) is 11.5 Å². The molecular weight excluding hydrogens is 491 g/mol. The van der Waals surface area contributed by atoms with Gasteiger partial charge in [-0.05, 0) is 67.4 Å². The molecule has 1 fully saturated rings. The normalized spacial score (nSPS) is 15.1. The Labute approximate surface area is 210 Å². The summed E-state index contributed by atoms with van der Waals surface area (Å²) in [5.74, 6) is 0.964. The van der Waals surface area contributed by atoms with E-state index in [9.17, 15) is 12.8 Å². The number of halogens is 2. The molecule has 0 unspecified atom stereocenters. The smallest absolute Gasteiger partial charge is 0.264 e. The zero-order valence-corrected chi connectivity index (χ0v) is 21.2. The predicted molar refractivity (Wildman–Crippen MR) is 135 cm³/mol. The van der Waals surface area contributed by atoms with Gasteiger partial charge in [0.25, 0.3) is 10.0 Å². The molecule has 0 saturated carbocycles. The summed E-state index contributed by atoms with van der Waals surface area (Å²) in [7, 11) is -0.652. The molecule has 186 valence electrons. The topological polar surface area (TPSA) is 59.1 Å². The minimum absolute atomic E-state index is 0.148. The molecule has 3 aromatic carbocycles. The number of hydrogen-bond donors (Lipinski definition) is 0. The van der Waals surface area contributed by atoms with Gasteiger partial charge in [-0.25, -0.2) is 12.8 Å². The summed E-state index contributed by atoms with van der Waals surface area (Å²) in [6.45, 7) is 2.05. The molecule has 1 heterocycles. The van der Waals surface area contributed by atoms with Crippen molar-refractivity contribution in [2.75, 3.05) is 31.6 Å². The van der Waals surface area contributed by atoms with Crippen molar-refractivity contribution in [3.63, 3.8) is 0 Å². The molecule has 0 aliphatic carbocycles. The number of nitrogens with zero attached hydrogens (tertiary/aromatic N) is 2. The van der Waals surface area contributed by atoms with Crippen LogP contribution in [-0.2, 0) is 16.6 Å². The first kappa shape index (κ1) is 25.3. The van der Waals surface area contributed by atoms with E-state index in [1.165, 1.54) is 40.7 Å². The molecule has 4 rings (SSSR count). The minimum Gasteiger partial charge on any atom is -0.493 e. The number of methoxy groups -OCH3 is 2. The molecule has 0 amide bonds. The molecule has 0 atom stereocenters. The molecule has 0 bridgehead atoms. The lowest BCUT2D eigenvalue weighted by Gasteiger charge is -2.39. The van der Waals surface area contributed by atoms with Gasteiger partial charge in [-0.3, -0.25) is 9.21 Å². The van der Waals surface area contributed by atoms with Gasteiger partial charge in [0.1, 0.15) is 5.82 Å². The molecule has 1 saturated heterocycles. The molecule has 9 heteroatoms. The SMILES string of the molecule is COc1cccc(CN2CCC(N(c3ccc(F)cc3)S(=O)(=O)c3ccc(Cl)cc3)CC2)c1OC. The van der Waals surface area contributed by atoms with Crippen molar-refractivity contribution in [2.45, 2.75) is 30.3 Å². The first-order chi connectivity index (χ1) is 16.8. The van der Waals surface area contributed by atoms with Crippen LogP contribution in [0.3, 0.4) is 0 Å². The van der Waals surface area contributed by atoms with E-state index in [1.807, 2.05) is 18.2 Å². The van der Waals surface area contributed by atoms with Crippen molar-refractivity contribution >= 4 is 27.3 Å². The highest BCUT2D eigenvalue weighted by Crippen LogP contribution is 2.34. The fraction of sp³-hybridized carbons (Fsp3) is 0.308. The average molecular weight is 519 g/mol. The Morgan fingerprint density at radius 1 is 0.971 bits per heavy atom. The maximum Gasteiger partial charge on any atom is 0.264 e. The Kier molecular flexibility index (Phi) is 7.84. The zero-order chi connectivity index (χ0) is 25.0. The monoisotopic (exact) mass is 518 g/mol. The highest BCUT2D eigenvalue weighted by atomic mass is 35.5. The Bertz CT molecular complexity index is 1250. The number of hydrogen-bond acceptors (Lipinski definition) is 5. The predicted octanol–water partition coefficient (Wildman–Crippen LogP) is 5.36. The number of rotatable bonds is 8. The number of benzene rings is 3. The largest absolute Gasteiger partial charge is 0.493 e. The van der Waals surface area contributed by atoms with Crippen LogP contribution in [0, 0.1) is 5.82 Å². The second-order valence-electron chi connectivity index (χ2n) is 8.39. The van der Waals surface area contributed by atoms with E-state index in [0.717, 1.165) is 5.56 Å². The van der Waals surface area contributed by atoms with E-state index in [-0.39, 0.29) is 10.9 Å². The molecule has 1 aliphatic heterocycles. The Morgan fingerprint density at radius 3 is 2.23 bits per heavy atom. The third-order valence-electron chi connectivity index (χ3n) is 6.22. The highest BCUT2D eigenvalue weighted by molar-refractivity contribution is 7.92. The summed E-state index contributed by atoms with van der Waals surface area (Å²) < 4.78 is 53.4. The quantitative estimate of drug-likeness (QED) is 0.402. The van der Waals surface area contributed by atoms with Crippen molar-refractivity contribution in [3.05, 3.63) is 83.1 Å². The standard InChI is InChI=1S/C26H28ClFN2O4S/c1-33-25-5-3-4-19(26(25)34-2)18-29-16-14-23(15-17-29)30(22-10-8-21(28)9-11-22)35(31,32)24-12-6-20(27)7-13-24/h3-13,23H,14-18H2,1-2H3. The van der Waals surface area contributed by atoms with Crippen LogP contribution in [0.2, 0.25) is 5.02 Å². The number of ether oxygens (including phenoxy) is 2. The van der Waals surface area contributed by atoms with Crippen LogP contribution in [0.15, 0.2) is 71.6 Å². The second-order valence-corrected chi connectivity index (χ2v) is 10.6. The van der Waals surface area contributed by atoms with E-state index in [1.54, 1.807) is 26.4 Å². The molecule has 6 nitrogen and oxygen atoms in total. The number of sulfonamides is 1. The van der Waals surface area contributed by atoms with Crippen LogP contribution in [0.25, 0.3) is 0 Å². The van der Waals surface area contributed by atoms with Gasteiger partial charge in [-0.15, -0.1) is 0 Å². The Morgan fingerprint density at radius 2 is 1.63 bits per heavy atom. The van der Waals surface area contributed by atoms with Crippen molar-refractivity contribution in [3.8, 4) is 11.5 Å². The van der Waals surface area contributed by atoms with E-state index in [0.29, 0.717) is 54.7 Å². The highest BCUT2D eigenvalue weighted by Gasteiger charge is 2.34. The Hall–Kier alpha value is -2.81. The molecular formula is C26H28ClFN2O4S. The fourth-order valence-electron chi connectivity index (χ4n) is 4.49. The van der Waals surface area contributed by atoms with Crippen LogP contribution in [0.4, 0.5) is 10.1 Å². The summed E-state index contributed by atoms with van der Waals surface area (Å²) in [5.41, 5.74) is 1.45. The maximum absolute atomic E-state index is 13.7. The van der Waals surface area contributed by atoms with Crippen molar-refractivity contribution in [1.82, 2.24) is 4.90 Å². The van der Waals surface area contributed by atoms with Gasteiger partial charge in [-0.2, -0.15) is 0 Å². The van der Waals surface area contributed by atoms with Gasteiger partial charge in [0.05, 0.1) is 24.8 Å².